The van der Waals surface area contributed by atoms with Crippen LogP contribution in [0.3, 0.4) is 0 Å². The number of hydrogen-bond acceptors (Lipinski definition) is 3. The standard InChI is InChI=1S/C19H21N3O3/c1-2-11-21-16-8-3-4-9-17(16)22(19(21)25)12-10-18(24)20-14-6-5-7-15(23)13-14/h3-9,13,23H,2,10-12H2,1H3,(H,20,24). The summed E-state index contributed by atoms with van der Waals surface area (Å²) in [6, 6.07) is 14.0. The summed E-state index contributed by atoms with van der Waals surface area (Å²) in [5.41, 5.74) is 2.17. The molecule has 0 aliphatic heterocycles. The van der Waals surface area contributed by atoms with Gasteiger partial charge in [0.1, 0.15) is 5.75 Å². The maximum absolute atomic E-state index is 12.7. The first-order valence-electron chi connectivity index (χ1n) is 8.37. The summed E-state index contributed by atoms with van der Waals surface area (Å²) in [5, 5.41) is 12.2. The molecule has 0 radical (unpaired) electrons. The average Bonchev–Trinajstić information content (AvgIpc) is 2.86. The van der Waals surface area contributed by atoms with Gasteiger partial charge in [0.05, 0.1) is 11.0 Å². The number of phenolic OH excluding ortho intramolecular Hbond substituents is 1. The number of nitrogens with zero attached hydrogens (tertiary/aromatic N) is 2. The maximum Gasteiger partial charge on any atom is 0.329 e. The van der Waals surface area contributed by atoms with E-state index in [0.717, 1.165) is 17.5 Å². The van der Waals surface area contributed by atoms with Crippen LogP contribution < -0.4 is 11.0 Å². The van der Waals surface area contributed by atoms with Crippen LogP contribution in [0.1, 0.15) is 19.8 Å². The zero-order chi connectivity index (χ0) is 17.8. The number of fused-ring (bicyclic) bond motifs is 1. The first kappa shape index (κ1) is 16.8. The van der Waals surface area contributed by atoms with Gasteiger partial charge in [0.15, 0.2) is 0 Å². The quantitative estimate of drug-likeness (QED) is 0.725. The summed E-state index contributed by atoms with van der Waals surface area (Å²) >= 11 is 0. The maximum atomic E-state index is 12.7. The van der Waals surface area contributed by atoms with Crippen molar-refractivity contribution in [3.8, 4) is 5.75 Å². The lowest BCUT2D eigenvalue weighted by Crippen LogP contribution is -2.26. The number of carbonyl (C=O) groups excluding carboxylic acids is 1. The number of imidazole rings is 1. The summed E-state index contributed by atoms with van der Waals surface area (Å²) < 4.78 is 3.40. The fourth-order valence-corrected chi connectivity index (χ4v) is 2.95. The summed E-state index contributed by atoms with van der Waals surface area (Å²) in [6.45, 7) is 2.99. The van der Waals surface area contributed by atoms with Crippen LogP contribution >= 0.6 is 0 Å². The predicted octanol–water partition coefficient (Wildman–Crippen LogP) is 2.95. The van der Waals surface area contributed by atoms with Gasteiger partial charge >= 0.3 is 5.69 Å². The van der Waals surface area contributed by atoms with E-state index in [9.17, 15) is 14.7 Å². The van der Waals surface area contributed by atoms with Crippen molar-refractivity contribution in [2.45, 2.75) is 32.9 Å². The molecule has 0 saturated carbocycles. The van der Waals surface area contributed by atoms with Crippen LogP contribution in [0.5, 0.6) is 5.75 Å². The molecule has 0 spiro atoms. The van der Waals surface area contributed by atoms with Gasteiger partial charge in [-0.3, -0.25) is 13.9 Å². The Kier molecular flexibility index (Phi) is 4.88. The topological polar surface area (TPSA) is 76.3 Å². The van der Waals surface area contributed by atoms with E-state index in [4.69, 9.17) is 0 Å². The van der Waals surface area contributed by atoms with Crippen molar-refractivity contribution in [2.75, 3.05) is 5.32 Å². The van der Waals surface area contributed by atoms with Gasteiger partial charge in [0.25, 0.3) is 0 Å². The van der Waals surface area contributed by atoms with Gasteiger partial charge in [-0.1, -0.05) is 25.1 Å². The molecule has 0 saturated heterocycles. The highest BCUT2D eigenvalue weighted by Crippen LogP contribution is 2.16. The number of amides is 1. The zero-order valence-electron chi connectivity index (χ0n) is 14.1. The molecule has 3 aromatic rings. The Balaban J connectivity index is 1.78. The molecule has 0 aliphatic carbocycles. The number of aryl methyl sites for hydroxylation is 2. The van der Waals surface area contributed by atoms with Crippen LogP contribution in [-0.4, -0.2) is 20.1 Å². The van der Waals surface area contributed by atoms with Crippen molar-refractivity contribution in [2.24, 2.45) is 0 Å². The third-order valence-corrected chi connectivity index (χ3v) is 4.06. The van der Waals surface area contributed by atoms with E-state index in [2.05, 4.69) is 5.32 Å². The normalized spacial score (nSPS) is 10.9. The molecule has 0 unspecified atom stereocenters. The second kappa shape index (κ2) is 7.25. The molecule has 6 nitrogen and oxygen atoms in total. The molecule has 1 aromatic heterocycles. The Bertz CT molecular complexity index is 956. The van der Waals surface area contributed by atoms with Crippen molar-refractivity contribution in [1.29, 1.82) is 0 Å². The molecular weight excluding hydrogens is 318 g/mol. The zero-order valence-corrected chi connectivity index (χ0v) is 14.1. The lowest BCUT2D eigenvalue weighted by molar-refractivity contribution is -0.116. The van der Waals surface area contributed by atoms with E-state index < -0.39 is 0 Å². The van der Waals surface area contributed by atoms with Crippen LogP contribution in [0.4, 0.5) is 5.69 Å². The molecule has 0 fully saturated rings. The van der Waals surface area contributed by atoms with Crippen LogP contribution in [0.25, 0.3) is 11.0 Å². The average molecular weight is 339 g/mol. The number of aromatic nitrogens is 2. The van der Waals surface area contributed by atoms with Crippen LogP contribution in [0.2, 0.25) is 0 Å². The summed E-state index contributed by atoms with van der Waals surface area (Å²) in [7, 11) is 0. The number of phenols is 1. The lowest BCUT2D eigenvalue weighted by Gasteiger charge is -2.06. The van der Waals surface area contributed by atoms with E-state index in [1.807, 2.05) is 31.2 Å². The summed E-state index contributed by atoms with van der Waals surface area (Å²) in [6.07, 6.45) is 1.04. The number of anilines is 1. The van der Waals surface area contributed by atoms with E-state index in [-0.39, 0.29) is 23.8 Å². The van der Waals surface area contributed by atoms with Crippen LogP contribution in [0.15, 0.2) is 53.3 Å². The van der Waals surface area contributed by atoms with Gasteiger partial charge in [0.2, 0.25) is 5.91 Å². The summed E-state index contributed by atoms with van der Waals surface area (Å²) in [5.74, 6) is -0.110. The molecule has 1 amide bonds. The second-order valence-corrected chi connectivity index (χ2v) is 5.92. The first-order chi connectivity index (χ1) is 12.1. The van der Waals surface area contributed by atoms with E-state index in [1.165, 1.54) is 12.1 Å². The predicted molar refractivity (Wildman–Crippen MR) is 97.8 cm³/mol. The smallest absolute Gasteiger partial charge is 0.329 e. The minimum atomic E-state index is -0.204. The van der Waals surface area contributed by atoms with Crippen molar-refractivity contribution >= 4 is 22.6 Å². The van der Waals surface area contributed by atoms with Gasteiger partial charge in [-0.15, -0.1) is 0 Å². The largest absolute Gasteiger partial charge is 0.508 e. The molecule has 2 aromatic carbocycles. The van der Waals surface area contributed by atoms with Crippen molar-refractivity contribution in [1.82, 2.24) is 9.13 Å². The van der Waals surface area contributed by atoms with Gasteiger partial charge in [-0.05, 0) is 30.7 Å². The number of rotatable bonds is 6. The summed E-state index contributed by atoms with van der Waals surface area (Å²) in [4.78, 5) is 24.8. The molecule has 0 aliphatic rings. The highest BCUT2D eigenvalue weighted by molar-refractivity contribution is 5.91. The SMILES string of the molecule is CCCn1c(=O)n(CCC(=O)Nc2cccc(O)c2)c2ccccc21. The number of nitrogens with one attached hydrogen (secondary N) is 1. The fraction of sp³-hybridized carbons (Fsp3) is 0.263. The van der Waals surface area contributed by atoms with Crippen molar-refractivity contribution in [3.05, 3.63) is 59.0 Å². The first-order valence-corrected chi connectivity index (χ1v) is 8.37. The molecule has 0 bridgehead atoms. The Labute approximate surface area is 145 Å². The van der Waals surface area contributed by atoms with Gasteiger partial charge in [-0.25, -0.2) is 4.79 Å². The Morgan fingerprint density at radius 1 is 1.04 bits per heavy atom. The van der Waals surface area contributed by atoms with E-state index in [1.54, 1.807) is 21.3 Å². The van der Waals surface area contributed by atoms with Crippen LogP contribution in [0, 0.1) is 0 Å². The highest BCUT2D eigenvalue weighted by Gasteiger charge is 2.13. The van der Waals surface area contributed by atoms with Crippen LogP contribution in [-0.2, 0) is 17.9 Å². The van der Waals surface area contributed by atoms with E-state index in [0.29, 0.717) is 18.8 Å². The van der Waals surface area contributed by atoms with Crippen molar-refractivity contribution in [3.63, 3.8) is 0 Å². The Hall–Kier alpha value is -3.02. The molecule has 1 heterocycles. The van der Waals surface area contributed by atoms with Gasteiger partial charge in [0, 0.05) is 31.3 Å². The molecule has 2 N–H and O–H groups in total. The minimum Gasteiger partial charge on any atom is -0.508 e. The Morgan fingerprint density at radius 3 is 2.36 bits per heavy atom. The van der Waals surface area contributed by atoms with Crippen molar-refractivity contribution < 1.29 is 9.90 Å². The third kappa shape index (κ3) is 3.57. The molecule has 0 atom stereocenters. The molecular formula is C19H21N3O3. The molecule has 6 heteroatoms. The second-order valence-electron chi connectivity index (χ2n) is 5.92. The molecule has 25 heavy (non-hydrogen) atoms. The lowest BCUT2D eigenvalue weighted by atomic mass is 10.3. The highest BCUT2D eigenvalue weighted by atomic mass is 16.3. The van der Waals surface area contributed by atoms with Gasteiger partial charge in [-0.2, -0.15) is 0 Å². The minimum absolute atomic E-state index is 0.0896. The number of benzene rings is 2. The number of para-hydroxylation sites is 2. The molecule has 130 valence electrons. The Morgan fingerprint density at radius 2 is 1.72 bits per heavy atom. The monoisotopic (exact) mass is 339 g/mol. The number of aromatic hydroxyl groups is 1. The fourth-order valence-electron chi connectivity index (χ4n) is 2.95. The molecule has 3 rings (SSSR count). The van der Waals surface area contributed by atoms with E-state index >= 15 is 0 Å². The third-order valence-electron chi connectivity index (χ3n) is 4.06. The van der Waals surface area contributed by atoms with Gasteiger partial charge < -0.3 is 10.4 Å². The number of carbonyl (C=O) groups is 1. The number of hydrogen-bond donors (Lipinski definition) is 2.